The molecule has 2 amide bonds. The van der Waals surface area contributed by atoms with Gasteiger partial charge in [-0.2, -0.15) is 0 Å². The van der Waals surface area contributed by atoms with Gasteiger partial charge in [0.25, 0.3) is 5.91 Å². The van der Waals surface area contributed by atoms with E-state index in [4.69, 9.17) is 5.73 Å². The lowest BCUT2D eigenvalue weighted by Gasteiger charge is -2.33. The molecule has 27 heavy (non-hydrogen) atoms. The summed E-state index contributed by atoms with van der Waals surface area (Å²) in [6.45, 7) is 11.5. The minimum Gasteiger partial charge on any atom is -0.369 e. The summed E-state index contributed by atoms with van der Waals surface area (Å²) in [5.74, 6) is -0.301. The Balaban J connectivity index is 1.85. The minimum atomic E-state index is -0.252. The minimum absolute atomic E-state index is 0.0297. The normalized spacial score (nSPS) is 19.2. The molecule has 2 fully saturated rings. The van der Waals surface area contributed by atoms with Gasteiger partial charge in [0.05, 0.1) is 0 Å². The number of anilines is 1. The second-order valence-corrected chi connectivity index (χ2v) is 8.72. The smallest absolute Gasteiger partial charge is 0.253 e. The molecule has 2 aliphatic rings. The van der Waals surface area contributed by atoms with Crippen molar-refractivity contribution < 1.29 is 9.59 Å². The number of nitrogens with two attached hydrogens (primary N) is 1. The highest BCUT2D eigenvalue weighted by Crippen LogP contribution is 2.30. The van der Waals surface area contributed by atoms with Gasteiger partial charge in [-0.25, -0.2) is 0 Å². The number of piperidine rings is 1. The third kappa shape index (κ3) is 4.61. The van der Waals surface area contributed by atoms with E-state index in [1.807, 2.05) is 17.0 Å². The first kappa shape index (κ1) is 19.7. The molecule has 0 aliphatic carbocycles. The summed E-state index contributed by atoms with van der Waals surface area (Å²) in [4.78, 5) is 28.8. The van der Waals surface area contributed by atoms with E-state index in [9.17, 15) is 9.59 Å². The highest BCUT2D eigenvalue weighted by atomic mass is 16.2. The zero-order chi connectivity index (χ0) is 19.6. The lowest BCUT2D eigenvalue weighted by Crippen LogP contribution is -2.44. The molecule has 0 atom stereocenters. The Hall–Kier alpha value is -2.08. The van der Waals surface area contributed by atoms with Crippen molar-refractivity contribution in [2.24, 2.45) is 11.7 Å². The lowest BCUT2D eigenvalue weighted by atomic mass is 9.85. The van der Waals surface area contributed by atoms with Crippen LogP contribution in [0.2, 0.25) is 0 Å². The SMILES string of the molecule is CC(C)(C)c1cc(C(=O)N2CCC(C(N)=O)CC2)cc(N2CCNCC2)c1. The largest absolute Gasteiger partial charge is 0.369 e. The molecule has 6 nitrogen and oxygen atoms in total. The number of hydrogen-bond donors (Lipinski definition) is 2. The zero-order valence-corrected chi connectivity index (χ0v) is 16.8. The standard InChI is InChI=1S/C21H32N4O2/c1-21(2,3)17-12-16(13-18(14-17)24-10-6-23-7-11-24)20(27)25-8-4-15(5-9-25)19(22)26/h12-15,23H,4-11H2,1-3H3,(H2,22,26). The van der Waals surface area contributed by atoms with E-state index in [2.05, 4.69) is 37.1 Å². The molecular formula is C21H32N4O2. The van der Waals surface area contributed by atoms with Crippen LogP contribution in [0.4, 0.5) is 5.69 Å². The van der Waals surface area contributed by atoms with Crippen LogP contribution in [0.5, 0.6) is 0 Å². The quantitative estimate of drug-likeness (QED) is 0.847. The van der Waals surface area contributed by atoms with Gasteiger partial charge in [0.15, 0.2) is 0 Å². The topological polar surface area (TPSA) is 78.7 Å². The number of primary amides is 1. The highest BCUT2D eigenvalue weighted by molar-refractivity contribution is 5.95. The number of likely N-dealkylation sites (tertiary alicyclic amines) is 1. The number of amides is 2. The van der Waals surface area contributed by atoms with Gasteiger partial charge in [0, 0.05) is 56.4 Å². The van der Waals surface area contributed by atoms with E-state index in [-0.39, 0.29) is 23.1 Å². The molecule has 1 aromatic carbocycles. The Labute approximate surface area is 162 Å². The van der Waals surface area contributed by atoms with Crippen LogP contribution in [0.3, 0.4) is 0 Å². The third-order valence-corrected chi connectivity index (χ3v) is 5.70. The van der Waals surface area contributed by atoms with E-state index in [0.717, 1.165) is 37.4 Å². The van der Waals surface area contributed by atoms with Crippen LogP contribution in [-0.4, -0.2) is 56.0 Å². The first-order valence-electron chi connectivity index (χ1n) is 9.95. The second kappa shape index (κ2) is 7.89. The van der Waals surface area contributed by atoms with Gasteiger partial charge in [-0.3, -0.25) is 9.59 Å². The number of carbonyl (C=O) groups excluding carboxylic acids is 2. The molecule has 2 saturated heterocycles. The molecule has 1 aromatic rings. The number of rotatable bonds is 3. The number of nitrogens with zero attached hydrogens (tertiary/aromatic N) is 2. The summed E-state index contributed by atoms with van der Waals surface area (Å²) >= 11 is 0. The molecule has 0 radical (unpaired) electrons. The molecule has 6 heteroatoms. The van der Waals surface area contributed by atoms with E-state index in [1.54, 1.807) is 0 Å². The fourth-order valence-electron chi connectivity index (χ4n) is 3.82. The van der Waals surface area contributed by atoms with Crippen LogP contribution >= 0.6 is 0 Å². The summed E-state index contributed by atoms with van der Waals surface area (Å²) in [6, 6.07) is 6.29. The fourth-order valence-corrected chi connectivity index (χ4v) is 3.82. The summed E-state index contributed by atoms with van der Waals surface area (Å²) in [5.41, 5.74) is 8.43. The van der Waals surface area contributed by atoms with Crippen LogP contribution in [0.1, 0.15) is 49.5 Å². The van der Waals surface area contributed by atoms with E-state index in [1.165, 1.54) is 5.56 Å². The predicted octanol–water partition coefficient (Wildman–Crippen LogP) is 1.73. The maximum absolute atomic E-state index is 13.2. The Morgan fingerprint density at radius 2 is 1.67 bits per heavy atom. The molecule has 3 rings (SSSR count). The van der Waals surface area contributed by atoms with Crippen molar-refractivity contribution in [2.45, 2.75) is 39.0 Å². The zero-order valence-electron chi connectivity index (χ0n) is 16.8. The molecule has 2 heterocycles. The van der Waals surface area contributed by atoms with Gasteiger partial charge in [-0.1, -0.05) is 20.8 Å². The van der Waals surface area contributed by atoms with Crippen molar-refractivity contribution in [1.29, 1.82) is 0 Å². The summed E-state index contributed by atoms with van der Waals surface area (Å²) in [5, 5.41) is 3.38. The van der Waals surface area contributed by atoms with Crippen LogP contribution in [-0.2, 0) is 10.2 Å². The predicted molar refractivity (Wildman–Crippen MR) is 108 cm³/mol. The Morgan fingerprint density at radius 3 is 2.22 bits per heavy atom. The molecule has 0 saturated carbocycles. The maximum Gasteiger partial charge on any atom is 0.253 e. The molecule has 0 unspecified atom stereocenters. The van der Waals surface area contributed by atoms with Crippen molar-refractivity contribution >= 4 is 17.5 Å². The van der Waals surface area contributed by atoms with Gasteiger partial charge < -0.3 is 20.9 Å². The molecule has 3 N–H and O–H groups in total. The number of carbonyl (C=O) groups is 2. The van der Waals surface area contributed by atoms with Crippen LogP contribution in [0.15, 0.2) is 18.2 Å². The van der Waals surface area contributed by atoms with E-state index in [0.29, 0.717) is 25.9 Å². The van der Waals surface area contributed by atoms with E-state index >= 15 is 0 Å². The van der Waals surface area contributed by atoms with Gasteiger partial charge >= 0.3 is 0 Å². The fraction of sp³-hybridized carbons (Fsp3) is 0.619. The van der Waals surface area contributed by atoms with Crippen molar-refractivity contribution in [3.8, 4) is 0 Å². The Bertz CT molecular complexity index is 697. The maximum atomic E-state index is 13.2. The van der Waals surface area contributed by atoms with Gasteiger partial charge in [-0.05, 0) is 42.0 Å². The third-order valence-electron chi connectivity index (χ3n) is 5.70. The van der Waals surface area contributed by atoms with Gasteiger partial charge in [0.1, 0.15) is 0 Å². The van der Waals surface area contributed by atoms with Gasteiger partial charge in [-0.15, -0.1) is 0 Å². The molecule has 0 spiro atoms. The van der Waals surface area contributed by atoms with E-state index < -0.39 is 0 Å². The summed E-state index contributed by atoms with van der Waals surface area (Å²) in [7, 11) is 0. The van der Waals surface area contributed by atoms with Crippen molar-refractivity contribution in [3.05, 3.63) is 29.3 Å². The van der Waals surface area contributed by atoms with Crippen molar-refractivity contribution in [3.63, 3.8) is 0 Å². The Morgan fingerprint density at radius 1 is 1.04 bits per heavy atom. The molecular weight excluding hydrogens is 340 g/mol. The van der Waals surface area contributed by atoms with Crippen molar-refractivity contribution in [1.82, 2.24) is 10.2 Å². The number of hydrogen-bond acceptors (Lipinski definition) is 4. The van der Waals surface area contributed by atoms with Crippen LogP contribution in [0.25, 0.3) is 0 Å². The first-order chi connectivity index (χ1) is 12.8. The summed E-state index contributed by atoms with van der Waals surface area (Å²) < 4.78 is 0. The van der Waals surface area contributed by atoms with Crippen molar-refractivity contribution in [2.75, 3.05) is 44.2 Å². The molecule has 0 aromatic heterocycles. The van der Waals surface area contributed by atoms with Gasteiger partial charge in [0.2, 0.25) is 5.91 Å². The average Bonchev–Trinajstić information content (AvgIpc) is 2.67. The monoisotopic (exact) mass is 372 g/mol. The molecule has 2 aliphatic heterocycles. The average molecular weight is 373 g/mol. The number of piperazine rings is 1. The van der Waals surface area contributed by atoms with Crippen LogP contribution in [0, 0.1) is 5.92 Å². The first-order valence-corrected chi connectivity index (χ1v) is 9.95. The summed E-state index contributed by atoms with van der Waals surface area (Å²) in [6.07, 6.45) is 1.31. The second-order valence-electron chi connectivity index (χ2n) is 8.72. The molecule has 0 bridgehead atoms. The number of nitrogens with one attached hydrogen (secondary N) is 1. The number of benzene rings is 1. The Kier molecular flexibility index (Phi) is 5.75. The lowest BCUT2D eigenvalue weighted by molar-refractivity contribution is -0.123. The highest BCUT2D eigenvalue weighted by Gasteiger charge is 2.28. The molecule has 148 valence electrons. The van der Waals surface area contributed by atoms with Crippen LogP contribution < -0.4 is 16.0 Å².